The van der Waals surface area contributed by atoms with Crippen LogP contribution in [0.1, 0.15) is 142 Å². The Kier molecular flexibility index (Phi) is 32.5. The number of hydrogen-bond donors (Lipinski definition) is 0. The van der Waals surface area contributed by atoms with Gasteiger partial charge < -0.3 is 27.9 Å². The van der Waals surface area contributed by atoms with Crippen molar-refractivity contribution in [3.05, 3.63) is 48.6 Å². The Morgan fingerprint density at radius 3 is 1.78 bits per heavy atom. The predicted octanol–water partition coefficient (Wildman–Crippen LogP) is 10.2. The molecule has 0 radical (unpaired) electrons. The van der Waals surface area contributed by atoms with Crippen molar-refractivity contribution in [1.29, 1.82) is 0 Å². The Hall–Kier alpha value is -1.54. The zero-order chi connectivity index (χ0) is 36.3. The van der Waals surface area contributed by atoms with Gasteiger partial charge in [0.1, 0.15) is 19.3 Å². The van der Waals surface area contributed by atoms with Gasteiger partial charge in [0, 0.05) is 13.0 Å². The van der Waals surface area contributed by atoms with E-state index in [1.54, 1.807) is 0 Å². The molecule has 0 saturated heterocycles. The number of nitrogens with zero attached hydrogens (tertiary/aromatic N) is 1. The van der Waals surface area contributed by atoms with Crippen LogP contribution < -0.4 is 4.89 Å². The van der Waals surface area contributed by atoms with E-state index < -0.39 is 13.9 Å². The molecule has 0 aliphatic rings. The summed E-state index contributed by atoms with van der Waals surface area (Å²) in [7, 11) is 1.34. The van der Waals surface area contributed by atoms with Gasteiger partial charge in [-0.05, 0) is 51.4 Å². The van der Waals surface area contributed by atoms with E-state index in [9.17, 15) is 14.3 Å². The van der Waals surface area contributed by atoms with Gasteiger partial charge in [-0.1, -0.05) is 133 Å². The first-order chi connectivity index (χ1) is 23.6. The highest BCUT2D eigenvalue weighted by Crippen LogP contribution is 2.38. The molecule has 2 atom stereocenters. The van der Waals surface area contributed by atoms with Crippen molar-refractivity contribution >= 4 is 13.8 Å². The predicted molar refractivity (Wildman–Crippen MR) is 203 cm³/mol. The van der Waals surface area contributed by atoms with E-state index in [0.29, 0.717) is 24.1 Å². The highest BCUT2D eigenvalue weighted by Gasteiger charge is 2.20. The third-order valence-corrected chi connectivity index (χ3v) is 8.86. The van der Waals surface area contributed by atoms with E-state index in [4.69, 9.17) is 18.5 Å². The number of ether oxygens (including phenoxy) is 2. The molecule has 0 bridgehead atoms. The first-order valence-electron chi connectivity index (χ1n) is 19.4. The van der Waals surface area contributed by atoms with Crippen LogP contribution >= 0.6 is 7.82 Å². The summed E-state index contributed by atoms with van der Waals surface area (Å²) in [5.41, 5.74) is 0. The Morgan fingerprint density at radius 1 is 0.653 bits per heavy atom. The fraction of sp³-hybridized carbons (Fsp3) is 0.775. The van der Waals surface area contributed by atoms with Crippen LogP contribution in [-0.2, 0) is 27.9 Å². The summed E-state index contributed by atoms with van der Waals surface area (Å²) in [6.45, 7) is 5.22. The van der Waals surface area contributed by atoms with E-state index in [0.717, 1.165) is 64.2 Å². The van der Waals surface area contributed by atoms with Gasteiger partial charge in [0.15, 0.2) is 0 Å². The molecular weight excluding hydrogens is 637 g/mol. The number of allylic oxidation sites excluding steroid dienone is 8. The van der Waals surface area contributed by atoms with Crippen LogP contribution in [0.25, 0.3) is 0 Å². The van der Waals surface area contributed by atoms with E-state index in [-0.39, 0.29) is 25.8 Å². The van der Waals surface area contributed by atoms with Crippen molar-refractivity contribution in [2.24, 2.45) is 0 Å². The van der Waals surface area contributed by atoms with Gasteiger partial charge in [0.25, 0.3) is 7.82 Å². The van der Waals surface area contributed by atoms with E-state index in [2.05, 4.69) is 62.5 Å². The fourth-order valence-electron chi connectivity index (χ4n) is 4.89. The topological polar surface area (TPSA) is 94.1 Å². The molecule has 49 heavy (non-hydrogen) atoms. The molecule has 0 amide bonds. The van der Waals surface area contributed by atoms with Crippen LogP contribution in [0.15, 0.2) is 48.6 Å². The van der Waals surface area contributed by atoms with Crippen LogP contribution in [0.4, 0.5) is 0 Å². The minimum atomic E-state index is -4.51. The van der Waals surface area contributed by atoms with Crippen LogP contribution in [0.2, 0.25) is 0 Å². The lowest BCUT2D eigenvalue weighted by Gasteiger charge is -2.28. The molecule has 0 aromatic rings. The van der Waals surface area contributed by atoms with Crippen molar-refractivity contribution in [1.82, 2.24) is 0 Å². The average molecular weight is 712 g/mol. The molecule has 0 aromatic carbocycles. The van der Waals surface area contributed by atoms with Gasteiger partial charge in [0.05, 0.1) is 34.4 Å². The fourth-order valence-corrected chi connectivity index (χ4v) is 5.62. The number of phosphoric acid groups is 1. The summed E-state index contributed by atoms with van der Waals surface area (Å²) >= 11 is 0. The van der Waals surface area contributed by atoms with Crippen molar-refractivity contribution in [3.8, 4) is 0 Å². The molecule has 9 heteroatoms. The summed E-state index contributed by atoms with van der Waals surface area (Å²) in [4.78, 5) is 24.8. The van der Waals surface area contributed by atoms with E-state index >= 15 is 0 Å². The summed E-state index contributed by atoms with van der Waals surface area (Å²) in [6.07, 6.45) is 38.5. The number of phosphoric ester groups is 1. The zero-order valence-corrected chi connectivity index (χ0v) is 33.0. The van der Waals surface area contributed by atoms with Gasteiger partial charge in [-0.25, -0.2) is 0 Å². The molecule has 0 rings (SSSR count). The minimum Gasteiger partial charge on any atom is -0.756 e. The Bertz CT molecular complexity index is 926. The largest absolute Gasteiger partial charge is 0.756 e. The first kappa shape index (κ1) is 47.5. The number of likely N-dealkylation sites (N-methyl/N-ethyl adjacent to an activating group) is 1. The lowest BCUT2D eigenvalue weighted by atomic mass is 10.1. The van der Waals surface area contributed by atoms with Crippen molar-refractivity contribution < 1.29 is 37.3 Å². The van der Waals surface area contributed by atoms with Crippen molar-refractivity contribution in [3.63, 3.8) is 0 Å². The number of unbranched alkanes of at least 4 members (excludes halogenated alkanes) is 13. The van der Waals surface area contributed by atoms with Crippen LogP contribution in [0.3, 0.4) is 0 Å². The molecule has 0 fully saturated rings. The van der Waals surface area contributed by atoms with Gasteiger partial charge in [-0.2, -0.15) is 0 Å². The van der Waals surface area contributed by atoms with Crippen LogP contribution in [-0.4, -0.2) is 70.7 Å². The van der Waals surface area contributed by atoms with Gasteiger partial charge in [-0.15, -0.1) is 0 Å². The summed E-state index contributed by atoms with van der Waals surface area (Å²) in [5, 5.41) is 0. The van der Waals surface area contributed by atoms with Crippen LogP contribution in [0, 0.1) is 0 Å². The molecule has 0 N–H and O–H groups in total. The van der Waals surface area contributed by atoms with Gasteiger partial charge in [-0.3, -0.25) is 9.36 Å². The number of carbonyl (C=O) groups is 1. The van der Waals surface area contributed by atoms with Crippen molar-refractivity contribution in [2.75, 3.05) is 54.1 Å². The molecule has 286 valence electrons. The number of esters is 1. The second-order valence-corrected chi connectivity index (χ2v) is 15.3. The SMILES string of the molecule is CC/C=C\C/C=C\C/C=C\C/C=C\CCCCCCCCCCC(=O)OC(COCCCCCCCC)COP(=O)([O-])OCC[N+](C)(C)C. The maximum absolute atomic E-state index is 12.6. The Balaban J connectivity index is 4.13. The lowest BCUT2D eigenvalue weighted by molar-refractivity contribution is -0.870. The highest BCUT2D eigenvalue weighted by molar-refractivity contribution is 7.45. The Labute approximate surface area is 301 Å². The third kappa shape index (κ3) is 37.5. The molecule has 8 nitrogen and oxygen atoms in total. The van der Waals surface area contributed by atoms with Gasteiger partial charge in [0.2, 0.25) is 0 Å². The standard InChI is InChI=1S/C40H74NO7P/c1-6-8-10-12-14-15-16-17-18-19-20-21-22-23-24-25-26-27-28-29-31-33-40(42)48-39(37-45-35-32-30-13-11-9-7-2)38-47-49(43,44)46-36-34-41(3,4)5/h8,10,14-15,17-18,20-21,39H,6-7,9,11-13,16,19,22-38H2,1-5H3/b10-8-,15-14-,18-17-,21-20-. The summed E-state index contributed by atoms with van der Waals surface area (Å²) in [5.74, 6) is -0.348. The minimum absolute atomic E-state index is 0.0231. The Morgan fingerprint density at radius 2 is 1.18 bits per heavy atom. The number of carbonyl (C=O) groups excluding carboxylic acids is 1. The first-order valence-corrected chi connectivity index (χ1v) is 20.8. The number of hydrogen-bond acceptors (Lipinski definition) is 7. The highest BCUT2D eigenvalue weighted by atomic mass is 31.2. The monoisotopic (exact) mass is 712 g/mol. The molecule has 0 heterocycles. The molecule has 0 aliphatic carbocycles. The van der Waals surface area contributed by atoms with E-state index in [1.165, 1.54) is 57.8 Å². The molecular formula is C40H74NO7P. The average Bonchev–Trinajstić information content (AvgIpc) is 3.04. The van der Waals surface area contributed by atoms with E-state index in [1.807, 2.05) is 21.1 Å². The third-order valence-electron chi connectivity index (χ3n) is 7.89. The molecule has 0 spiro atoms. The quantitative estimate of drug-likeness (QED) is 0.0212. The molecule has 0 aliphatic heterocycles. The second-order valence-electron chi connectivity index (χ2n) is 13.9. The molecule has 0 saturated carbocycles. The number of rotatable bonds is 35. The molecule has 2 unspecified atom stereocenters. The van der Waals surface area contributed by atoms with Crippen LogP contribution in [0.5, 0.6) is 0 Å². The summed E-state index contributed by atoms with van der Waals surface area (Å²) < 4.78 is 34.3. The van der Waals surface area contributed by atoms with Gasteiger partial charge >= 0.3 is 5.97 Å². The maximum Gasteiger partial charge on any atom is 0.306 e. The maximum atomic E-state index is 12.6. The lowest BCUT2D eigenvalue weighted by Crippen LogP contribution is -2.37. The second kappa shape index (κ2) is 33.6. The number of quaternary nitrogens is 1. The smallest absolute Gasteiger partial charge is 0.306 e. The molecule has 0 aromatic heterocycles. The normalized spacial score (nSPS) is 14.5. The zero-order valence-electron chi connectivity index (χ0n) is 32.1. The van der Waals surface area contributed by atoms with Crippen molar-refractivity contribution in [2.45, 2.75) is 148 Å². The summed E-state index contributed by atoms with van der Waals surface area (Å²) in [6, 6.07) is 0.